The van der Waals surface area contributed by atoms with E-state index in [0.29, 0.717) is 24.9 Å². The predicted octanol–water partition coefficient (Wildman–Crippen LogP) is 2.99. The molecule has 0 aromatic heterocycles. The molecule has 0 spiro atoms. The Labute approximate surface area is 143 Å². The molecule has 3 rings (SSSR count). The SMILES string of the molecule is CCOC(=O)C1=NCN2c3cc(CC(C)C)c(OC)cc3CCC12. The van der Waals surface area contributed by atoms with Crippen LogP contribution in [0.3, 0.4) is 0 Å². The van der Waals surface area contributed by atoms with Gasteiger partial charge in [-0.05, 0) is 55.4 Å². The molecule has 0 radical (unpaired) electrons. The Kier molecular flexibility index (Phi) is 4.78. The van der Waals surface area contributed by atoms with Crippen molar-refractivity contribution < 1.29 is 14.3 Å². The zero-order valence-electron chi connectivity index (χ0n) is 15.0. The molecule has 1 unspecified atom stereocenters. The van der Waals surface area contributed by atoms with Crippen molar-refractivity contribution in [3.8, 4) is 5.75 Å². The van der Waals surface area contributed by atoms with Crippen LogP contribution in [0.15, 0.2) is 17.1 Å². The maximum Gasteiger partial charge on any atom is 0.354 e. The second kappa shape index (κ2) is 6.83. The lowest BCUT2D eigenvalue weighted by Gasteiger charge is -2.34. The number of aryl methyl sites for hydroxylation is 1. The molecule has 1 atom stereocenters. The standard InChI is InChI=1S/C19H26N2O3/c1-5-24-19(22)18-15-7-6-13-10-17(23-4)14(8-12(2)3)9-16(13)21(15)11-20-18/h9-10,12,15H,5-8,11H2,1-4H3. The van der Waals surface area contributed by atoms with Gasteiger partial charge in [-0.1, -0.05) is 13.8 Å². The molecule has 1 aromatic carbocycles. The van der Waals surface area contributed by atoms with Crippen LogP contribution in [0.4, 0.5) is 5.69 Å². The zero-order valence-corrected chi connectivity index (χ0v) is 15.0. The number of esters is 1. The van der Waals surface area contributed by atoms with Crippen molar-refractivity contribution in [1.82, 2.24) is 0 Å². The third-order valence-electron chi connectivity index (χ3n) is 4.68. The van der Waals surface area contributed by atoms with E-state index in [4.69, 9.17) is 9.47 Å². The largest absolute Gasteiger partial charge is 0.496 e. The molecule has 5 heteroatoms. The van der Waals surface area contributed by atoms with Gasteiger partial charge in [0.1, 0.15) is 18.1 Å². The fourth-order valence-corrected chi connectivity index (χ4v) is 3.65. The molecule has 24 heavy (non-hydrogen) atoms. The van der Waals surface area contributed by atoms with Gasteiger partial charge < -0.3 is 14.4 Å². The van der Waals surface area contributed by atoms with E-state index in [0.717, 1.165) is 25.0 Å². The van der Waals surface area contributed by atoms with E-state index < -0.39 is 0 Å². The highest BCUT2D eigenvalue weighted by atomic mass is 16.5. The summed E-state index contributed by atoms with van der Waals surface area (Å²) in [6.45, 7) is 7.15. The lowest BCUT2D eigenvalue weighted by atomic mass is 9.91. The number of carbonyl (C=O) groups excluding carboxylic acids is 1. The first-order valence-electron chi connectivity index (χ1n) is 8.73. The molecule has 1 aromatic rings. The third-order valence-corrected chi connectivity index (χ3v) is 4.68. The monoisotopic (exact) mass is 330 g/mol. The first-order valence-corrected chi connectivity index (χ1v) is 8.73. The van der Waals surface area contributed by atoms with E-state index in [1.165, 1.54) is 16.8 Å². The van der Waals surface area contributed by atoms with Gasteiger partial charge in [-0.15, -0.1) is 0 Å². The van der Waals surface area contributed by atoms with E-state index in [-0.39, 0.29) is 12.0 Å². The van der Waals surface area contributed by atoms with Crippen molar-refractivity contribution in [2.75, 3.05) is 25.3 Å². The minimum atomic E-state index is -0.274. The highest BCUT2D eigenvalue weighted by Gasteiger charge is 2.38. The lowest BCUT2D eigenvalue weighted by Crippen LogP contribution is -2.42. The summed E-state index contributed by atoms with van der Waals surface area (Å²) in [7, 11) is 1.73. The van der Waals surface area contributed by atoms with Gasteiger partial charge in [-0.2, -0.15) is 0 Å². The Morgan fingerprint density at radius 1 is 1.42 bits per heavy atom. The summed E-state index contributed by atoms with van der Waals surface area (Å²) in [5, 5.41) is 0. The van der Waals surface area contributed by atoms with Crippen LogP contribution in [-0.2, 0) is 22.4 Å². The molecule has 0 fully saturated rings. The first-order chi connectivity index (χ1) is 11.5. The number of carbonyl (C=O) groups is 1. The van der Waals surface area contributed by atoms with Crippen LogP contribution in [0.1, 0.15) is 38.3 Å². The van der Waals surface area contributed by atoms with Gasteiger partial charge in [0.15, 0.2) is 0 Å². The van der Waals surface area contributed by atoms with Crippen molar-refractivity contribution >= 4 is 17.4 Å². The van der Waals surface area contributed by atoms with Crippen LogP contribution >= 0.6 is 0 Å². The molecular formula is C19H26N2O3. The molecule has 2 aliphatic heterocycles. The normalized spacial score (nSPS) is 19.0. The minimum Gasteiger partial charge on any atom is -0.496 e. The second-order valence-electron chi connectivity index (χ2n) is 6.82. The number of benzene rings is 1. The van der Waals surface area contributed by atoms with Crippen LogP contribution in [0.5, 0.6) is 5.75 Å². The van der Waals surface area contributed by atoms with Crippen LogP contribution in [0.25, 0.3) is 0 Å². The predicted molar refractivity (Wildman–Crippen MR) is 95.1 cm³/mol. The number of methoxy groups -OCH3 is 1. The van der Waals surface area contributed by atoms with Crippen molar-refractivity contribution in [2.24, 2.45) is 10.9 Å². The summed E-state index contributed by atoms with van der Waals surface area (Å²) in [4.78, 5) is 18.8. The summed E-state index contributed by atoms with van der Waals surface area (Å²) in [6, 6.07) is 4.42. The maximum absolute atomic E-state index is 12.1. The Morgan fingerprint density at radius 2 is 2.21 bits per heavy atom. The maximum atomic E-state index is 12.1. The van der Waals surface area contributed by atoms with Crippen molar-refractivity contribution in [3.05, 3.63) is 23.3 Å². The van der Waals surface area contributed by atoms with Crippen molar-refractivity contribution in [1.29, 1.82) is 0 Å². The lowest BCUT2D eigenvalue weighted by molar-refractivity contribution is -0.135. The van der Waals surface area contributed by atoms with E-state index in [2.05, 4.69) is 35.9 Å². The topological polar surface area (TPSA) is 51.1 Å². The Morgan fingerprint density at radius 3 is 2.88 bits per heavy atom. The van der Waals surface area contributed by atoms with Gasteiger partial charge >= 0.3 is 5.97 Å². The van der Waals surface area contributed by atoms with Gasteiger partial charge in [0.05, 0.1) is 19.8 Å². The number of aliphatic imine (C=N–C) groups is 1. The van der Waals surface area contributed by atoms with Gasteiger partial charge in [0, 0.05) is 5.69 Å². The van der Waals surface area contributed by atoms with E-state index in [1.54, 1.807) is 7.11 Å². The smallest absolute Gasteiger partial charge is 0.354 e. The molecule has 130 valence electrons. The number of hydrogen-bond donors (Lipinski definition) is 0. The van der Waals surface area contributed by atoms with Gasteiger partial charge in [0.25, 0.3) is 0 Å². The van der Waals surface area contributed by atoms with Crippen molar-refractivity contribution in [2.45, 2.75) is 46.1 Å². The molecule has 0 saturated heterocycles. The average Bonchev–Trinajstić information content (AvgIpc) is 2.98. The Balaban J connectivity index is 1.91. The zero-order chi connectivity index (χ0) is 17.3. The quantitative estimate of drug-likeness (QED) is 0.779. The van der Waals surface area contributed by atoms with Gasteiger partial charge in [0.2, 0.25) is 0 Å². The minimum absolute atomic E-state index is 0.0387. The Hall–Kier alpha value is -2.04. The van der Waals surface area contributed by atoms with Gasteiger partial charge in [-0.25, -0.2) is 4.79 Å². The number of nitrogens with zero attached hydrogens (tertiary/aromatic N) is 2. The fourth-order valence-electron chi connectivity index (χ4n) is 3.65. The van der Waals surface area contributed by atoms with Crippen LogP contribution < -0.4 is 9.64 Å². The number of rotatable bonds is 5. The van der Waals surface area contributed by atoms with Crippen LogP contribution in [-0.4, -0.2) is 38.1 Å². The van der Waals surface area contributed by atoms with E-state index in [9.17, 15) is 4.79 Å². The fraction of sp³-hybridized carbons (Fsp3) is 0.579. The Bertz CT molecular complexity index is 667. The summed E-state index contributed by atoms with van der Waals surface area (Å²) in [5.41, 5.74) is 4.25. The molecule has 5 nitrogen and oxygen atoms in total. The summed E-state index contributed by atoms with van der Waals surface area (Å²) < 4.78 is 10.8. The van der Waals surface area contributed by atoms with Crippen LogP contribution in [0, 0.1) is 5.92 Å². The molecular weight excluding hydrogens is 304 g/mol. The summed E-state index contributed by atoms with van der Waals surface area (Å²) >= 11 is 0. The number of hydrogen-bond acceptors (Lipinski definition) is 5. The highest BCUT2D eigenvalue weighted by Crippen LogP contribution is 2.38. The molecule has 0 bridgehead atoms. The molecule has 2 aliphatic rings. The number of ether oxygens (including phenoxy) is 2. The van der Waals surface area contributed by atoms with E-state index in [1.807, 2.05) is 6.92 Å². The molecule has 0 N–H and O–H groups in total. The first kappa shape index (κ1) is 16.8. The molecule has 0 saturated carbocycles. The number of fused-ring (bicyclic) bond motifs is 3. The third kappa shape index (κ3) is 2.99. The average molecular weight is 330 g/mol. The van der Waals surface area contributed by atoms with E-state index >= 15 is 0 Å². The molecule has 0 amide bonds. The van der Waals surface area contributed by atoms with Gasteiger partial charge in [-0.3, -0.25) is 4.99 Å². The van der Waals surface area contributed by atoms with Crippen molar-refractivity contribution in [3.63, 3.8) is 0 Å². The summed E-state index contributed by atoms with van der Waals surface area (Å²) in [5.74, 6) is 1.25. The number of anilines is 1. The molecule has 2 heterocycles. The van der Waals surface area contributed by atoms with Crippen LogP contribution in [0.2, 0.25) is 0 Å². The molecule has 0 aliphatic carbocycles. The highest BCUT2D eigenvalue weighted by molar-refractivity contribution is 6.40. The second-order valence-corrected chi connectivity index (χ2v) is 6.82. The summed E-state index contributed by atoms with van der Waals surface area (Å²) in [6.07, 6.45) is 2.78.